The van der Waals surface area contributed by atoms with E-state index in [1.807, 2.05) is 13.8 Å². The standard InChI is InChI=1S/C26H44O10/c1-13(27)7-19-9-21-15(3)23(33-11-31-21)18(6)26(30)36-20(8-14(2)28)10-22-16(4)24(34-12-32-22)17(5)25(29)35-19/h13-24,27-28H,7-12H2,1-6H3/t13-,14-,15+,16+,17+,18+,19+,20+,21+,22+,23+,24+/m1/s1. The molecule has 0 aromatic carbocycles. The minimum Gasteiger partial charge on any atom is -0.462 e. The Morgan fingerprint density at radius 1 is 0.694 bits per heavy atom. The van der Waals surface area contributed by atoms with Gasteiger partial charge < -0.3 is 38.6 Å². The van der Waals surface area contributed by atoms with Crippen LogP contribution in [0.2, 0.25) is 0 Å². The largest absolute Gasteiger partial charge is 0.462 e. The Morgan fingerprint density at radius 2 is 1.06 bits per heavy atom. The van der Waals surface area contributed by atoms with Crippen molar-refractivity contribution in [1.29, 1.82) is 0 Å². The third kappa shape index (κ3) is 7.39. The van der Waals surface area contributed by atoms with Crippen molar-refractivity contribution in [3.05, 3.63) is 0 Å². The maximum absolute atomic E-state index is 13.2. The predicted molar refractivity (Wildman–Crippen MR) is 127 cm³/mol. The van der Waals surface area contributed by atoms with E-state index < -0.39 is 60.4 Å². The quantitative estimate of drug-likeness (QED) is 0.536. The van der Waals surface area contributed by atoms with Gasteiger partial charge in [0, 0.05) is 37.5 Å². The van der Waals surface area contributed by atoms with Crippen LogP contribution in [0.3, 0.4) is 0 Å². The van der Waals surface area contributed by atoms with Crippen molar-refractivity contribution in [3.8, 4) is 0 Å². The number of hydrogen-bond acceptors (Lipinski definition) is 10. The van der Waals surface area contributed by atoms with Gasteiger partial charge in [-0.25, -0.2) is 0 Å². The van der Waals surface area contributed by atoms with E-state index >= 15 is 0 Å². The van der Waals surface area contributed by atoms with Gasteiger partial charge in [-0.1, -0.05) is 13.8 Å². The summed E-state index contributed by atoms with van der Waals surface area (Å²) in [6.45, 7) is 10.7. The highest BCUT2D eigenvalue weighted by atomic mass is 16.7. The molecule has 10 heteroatoms. The van der Waals surface area contributed by atoms with Gasteiger partial charge in [0.25, 0.3) is 0 Å². The van der Waals surface area contributed by atoms with E-state index in [0.717, 1.165) is 0 Å². The van der Waals surface area contributed by atoms with E-state index in [0.29, 0.717) is 12.8 Å². The topological polar surface area (TPSA) is 130 Å². The molecule has 0 saturated carbocycles. The summed E-state index contributed by atoms with van der Waals surface area (Å²) in [5.74, 6) is -2.33. The molecule has 3 fully saturated rings. The van der Waals surface area contributed by atoms with Gasteiger partial charge in [0.15, 0.2) is 0 Å². The fourth-order valence-corrected chi connectivity index (χ4v) is 5.68. The van der Waals surface area contributed by atoms with Crippen LogP contribution in [0.15, 0.2) is 0 Å². The van der Waals surface area contributed by atoms with Crippen molar-refractivity contribution in [2.24, 2.45) is 23.7 Å². The van der Waals surface area contributed by atoms with Gasteiger partial charge in [-0.3, -0.25) is 9.59 Å². The predicted octanol–water partition coefficient (Wildman–Crippen LogP) is 2.17. The summed E-state index contributed by atoms with van der Waals surface area (Å²) < 4.78 is 35.2. The lowest BCUT2D eigenvalue weighted by atomic mass is 9.84. The van der Waals surface area contributed by atoms with E-state index in [1.165, 1.54) is 0 Å². The average molecular weight is 517 g/mol. The van der Waals surface area contributed by atoms with Crippen LogP contribution < -0.4 is 0 Å². The summed E-state index contributed by atoms with van der Waals surface area (Å²) in [7, 11) is 0. The van der Waals surface area contributed by atoms with Crippen LogP contribution >= 0.6 is 0 Å². The lowest BCUT2D eigenvalue weighted by Gasteiger charge is -2.42. The third-order valence-electron chi connectivity index (χ3n) is 7.79. The number of rotatable bonds is 4. The zero-order chi connectivity index (χ0) is 26.6. The van der Waals surface area contributed by atoms with E-state index in [9.17, 15) is 19.8 Å². The Bertz CT molecular complexity index is 668. The van der Waals surface area contributed by atoms with Crippen molar-refractivity contribution in [2.75, 3.05) is 13.6 Å². The first-order valence-electron chi connectivity index (χ1n) is 13.2. The van der Waals surface area contributed by atoms with Crippen LogP contribution in [0.1, 0.15) is 67.2 Å². The van der Waals surface area contributed by atoms with Crippen LogP contribution in [0.5, 0.6) is 0 Å². The van der Waals surface area contributed by atoms with Crippen molar-refractivity contribution in [1.82, 2.24) is 0 Å². The molecule has 12 atom stereocenters. The molecule has 0 aliphatic carbocycles. The molecule has 3 aliphatic heterocycles. The van der Waals surface area contributed by atoms with Crippen molar-refractivity contribution < 1.29 is 48.2 Å². The maximum Gasteiger partial charge on any atom is 0.311 e. The monoisotopic (exact) mass is 516 g/mol. The number of fused-ring (bicyclic) bond motifs is 4. The number of carbonyl (C=O) groups excluding carboxylic acids is 2. The molecule has 3 rings (SSSR count). The number of esters is 2. The zero-order valence-electron chi connectivity index (χ0n) is 22.3. The second kappa shape index (κ2) is 13.0. The van der Waals surface area contributed by atoms with Gasteiger partial charge in [-0.15, -0.1) is 0 Å². The lowest BCUT2D eigenvalue weighted by molar-refractivity contribution is -0.237. The van der Waals surface area contributed by atoms with E-state index in [1.54, 1.807) is 27.7 Å². The minimum absolute atomic E-state index is 0.00346. The second-order valence-electron chi connectivity index (χ2n) is 11.0. The van der Waals surface area contributed by atoms with Gasteiger partial charge in [-0.05, 0) is 27.7 Å². The molecule has 208 valence electrons. The molecule has 0 amide bonds. The van der Waals surface area contributed by atoms with Gasteiger partial charge in [0.2, 0.25) is 0 Å². The fourth-order valence-electron chi connectivity index (χ4n) is 5.68. The molecule has 4 bridgehead atoms. The first kappa shape index (κ1) is 29.3. The summed E-state index contributed by atoms with van der Waals surface area (Å²) in [5.41, 5.74) is 0. The van der Waals surface area contributed by atoms with Crippen molar-refractivity contribution in [3.63, 3.8) is 0 Å². The summed E-state index contributed by atoms with van der Waals surface area (Å²) in [6.07, 6.45) is -2.80. The van der Waals surface area contributed by atoms with Gasteiger partial charge >= 0.3 is 11.9 Å². The van der Waals surface area contributed by atoms with Crippen molar-refractivity contribution >= 4 is 11.9 Å². The summed E-state index contributed by atoms with van der Waals surface area (Å²) in [6, 6.07) is 0. The number of ether oxygens (including phenoxy) is 6. The highest BCUT2D eigenvalue weighted by molar-refractivity contribution is 5.73. The highest BCUT2D eigenvalue weighted by Gasteiger charge is 2.44. The second-order valence-corrected chi connectivity index (χ2v) is 11.0. The molecule has 3 heterocycles. The molecule has 36 heavy (non-hydrogen) atoms. The van der Waals surface area contributed by atoms with Gasteiger partial charge in [0.1, 0.15) is 25.8 Å². The lowest BCUT2D eigenvalue weighted by Crippen LogP contribution is -2.50. The number of aliphatic hydroxyl groups is 2. The van der Waals surface area contributed by atoms with Crippen LogP contribution in [-0.4, -0.2) is 84.6 Å². The SMILES string of the molecule is C[C@@H]1[C@@H]2OCO[C@H]1C[C@H](C[C@@H](C)O)OC(=O)[C@@H](C)[C@H]1OCO[C@@H](C[C@H](C[C@@H](C)O)OC(=O)[C@H]2C)[C@@H]1C. The van der Waals surface area contributed by atoms with E-state index in [4.69, 9.17) is 28.4 Å². The number of cyclic esters (lactones) is 2. The molecule has 0 aromatic heterocycles. The maximum atomic E-state index is 13.2. The first-order chi connectivity index (χ1) is 17.0. The Morgan fingerprint density at radius 3 is 1.39 bits per heavy atom. The van der Waals surface area contributed by atoms with Gasteiger partial charge in [-0.2, -0.15) is 0 Å². The Labute approximate surface area is 213 Å². The molecule has 2 N–H and O–H groups in total. The summed E-state index contributed by atoms with van der Waals surface area (Å²) in [4.78, 5) is 26.4. The van der Waals surface area contributed by atoms with E-state index in [2.05, 4.69) is 0 Å². The molecular formula is C26H44O10. The molecule has 0 unspecified atom stereocenters. The minimum atomic E-state index is -0.669. The normalized spacial score (nSPS) is 42.7. The number of hydrogen-bond donors (Lipinski definition) is 2. The first-order valence-corrected chi connectivity index (χ1v) is 13.2. The molecule has 0 spiro atoms. The number of aliphatic hydroxyl groups excluding tert-OH is 2. The van der Waals surface area contributed by atoms with Crippen LogP contribution in [-0.2, 0) is 38.0 Å². The summed E-state index contributed by atoms with van der Waals surface area (Å²) >= 11 is 0. The third-order valence-corrected chi connectivity index (χ3v) is 7.79. The molecule has 10 nitrogen and oxygen atoms in total. The van der Waals surface area contributed by atoms with Crippen LogP contribution in [0, 0.1) is 23.7 Å². The smallest absolute Gasteiger partial charge is 0.311 e. The van der Waals surface area contributed by atoms with E-state index in [-0.39, 0.29) is 50.5 Å². The molecule has 0 radical (unpaired) electrons. The van der Waals surface area contributed by atoms with Crippen molar-refractivity contribution in [2.45, 2.75) is 116 Å². The Hall–Kier alpha value is -1.30. The van der Waals surface area contributed by atoms with Crippen LogP contribution in [0.4, 0.5) is 0 Å². The molecule has 0 aromatic rings. The molecular weight excluding hydrogens is 472 g/mol. The highest BCUT2D eigenvalue weighted by Crippen LogP contribution is 2.34. The Kier molecular flexibility index (Phi) is 10.5. The zero-order valence-corrected chi connectivity index (χ0v) is 22.3. The van der Waals surface area contributed by atoms with Gasteiger partial charge in [0.05, 0.1) is 48.5 Å². The number of carbonyl (C=O) groups is 2. The Balaban J connectivity index is 1.91. The average Bonchev–Trinajstić information content (AvgIpc) is 2.79. The molecule has 3 saturated heterocycles. The van der Waals surface area contributed by atoms with Crippen LogP contribution in [0.25, 0.3) is 0 Å². The summed E-state index contributed by atoms with van der Waals surface area (Å²) in [5, 5.41) is 20.1. The fraction of sp³-hybridized carbons (Fsp3) is 0.923. The molecule has 3 aliphatic rings.